The van der Waals surface area contributed by atoms with E-state index in [1.807, 2.05) is 54.6 Å². The number of fused-ring (bicyclic) bond motifs is 1. The highest BCUT2D eigenvalue weighted by Crippen LogP contribution is 2.32. The van der Waals surface area contributed by atoms with E-state index < -0.39 is 0 Å². The van der Waals surface area contributed by atoms with Gasteiger partial charge in [-0.25, -0.2) is 4.98 Å². The number of rotatable bonds is 6. The number of ether oxygens (including phenoxy) is 1. The molecule has 0 spiro atoms. The Morgan fingerprint density at radius 3 is 2.54 bits per heavy atom. The van der Waals surface area contributed by atoms with Gasteiger partial charge in [-0.3, -0.25) is 4.79 Å². The summed E-state index contributed by atoms with van der Waals surface area (Å²) in [6.07, 6.45) is 7.20. The zero-order valence-electron chi connectivity index (χ0n) is 19.2. The Labute approximate surface area is 214 Å². The van der Waals surface area contributed by atoms with Crippen molar-refractivity contribution in [1.29, 1.82) is 0 Å². The number of hydrogen-bond acceptors (Lipinski definition) is 4. The van der Waals surface area contributed by atoms with Crippen LogP contribution in [0.1, 0.15) is 55.0 Å². The Bertz CT molecular complexity index is 1420. The van der Waals surface area contributed by atoms with Crippen LogP contribution in [0, 0.1) is 0 Å². The van der Waals surface area contributed by atoms with E-state index in [9.17, 15) is 4.79 Å². The van der Waals surface area contributed by atoms with Crippen LogP contribution < -0.4 is 10.3 Å². The molecule has 3 aromatic carbocycles. The molecule has 1 aliphatic rings. The lowest BCUT2D eigenvalue weighted by atomic mass is 9.88. The molecule has 0 radical (unpaired) electrons. The van der Waals surface area contributed by atoms with Crippen LogP contribution in [0.3, 0.4) is 0 Å². The molecule has 178 valence electrons. The van der Waals surface area contributed by atoms with E-state index in [0.29, 0.717) is 27.8 Å². The molecule has 0 saturated heterocycles. The lowest BCUT2D eigenvalue weighted by Gasteiger charge is -2.22. The summed E-state index contributed by atoms with van der Waals surface area (Å²) < 4.78 is 7.33. The lowest BCUT2D eigenvalue weighted by molar-refractivity contribution is 0.306. The molecule has 0 atom stereocenters. The Kier molecular flexibility index (Phi) is 7.16. The second-order valence-corrected chi connectivity index (χ2v) is 9.63. The van der Waals surface area contributed by atoms with Crippen molar-refractivity contribution in [2.45, 2.75) is 44.6 Å². The Morgan fingerprint density at radius 1 is 1.00 bits per heavy atom. The molecule has 0 unspecified atom stereocenters. The van der Waals surface area contributed by atoms with E-state index >= 15 is 0 Å². The zero-order valence-corrected chi connectivity index (χ0v) is 20.7. The first-order valence-electron chi connectivity index (χ1n) is 11.8. The van der Waals surface area contributed by atoms with E-state index in [0.717, 1.165) is 48.2 Å². The van der Waals surface area contributed by atoms with Gasteiger partial charge in [-0.05, 0) is 66.4 Å². The maximum atomic E-state index is 13.3. The van der Waals surface area contributed by atoms with Crippen molar-refractivity contribution in [3.63, 3.8) is 0 Å². The molecule has 0 bridgehead atoms. The summed E-state index contributed by atoms with van der Waals surface area (Å²) in [5.41, 5.74) is 2.33. The van der Waals surface area contributed by atoms with E-state index in [4.69, 9.17) is 32.9 Å². The Hall–Kier alpha value is -3.15. The summed E-state index contributed by atoms with van der Waals surface area (Å²) >= 11 is 12.4. The summed E-state index contributed by atoms with van der Waals surface area (Å²) in [4.78, 5) is 18.2. The molecule has 5 rings (SSSR count). The SMILES string of the molecule is O=c1c2ccccc2nc(C2CCCCC2)n1N=Cc1ccc(OCc2ccc(Cl)cc2)c(Cl)c1. The molecule has 4 aromatic rings. The number of para-hydroxylation sites is 1. The molecule has 1 aliphatic carbocycles. The third-order valence-corrected chi connectivity index (χ3v) is 6.88. The molecule has 7 heteroatoms. The van der Waals surface area contributed by atoms with Crippen molar-refractivity contribution in [2.24, 2.45) is 5.10 Å². The van der Waals surface area contributed by atoms with Gasteiger partial charge in [-0.1, -0.05) is 66.7 Å². The van der Waals surface area contributed by atoms with Gasteiger partial charge in [-0.15, -0.1) is 0 Å². The first-order valence-corrected chi connectivity index (χ1v) is 12.6. The number of aromatic nitrogens is 2. The van der Waals surface area contributed by atoms with Gasteiger partial charge in [0, 0.05) is 10.9 Å². The third kappa shape index (κ3) is 5.42. The smallest absolute Gasteiger partial charge is 0.282 e. The van der Waals surface area contributed by atoms with Crippen molar-refractivity contribution < 1.29 is 4.74 Å². The van der Waals surface area contributed by atoms with Crippen LogP contribution in [0.4, 0.5) is 0 Å². The highest BCUT2D eigenvalue weighted by atomic mass is 35.5. The van der Waals surface area contributed by atoms with Crippen molar-refractivity contribution in [3.05, 3.63) is 104 Å². The molecule has 1 heterocycles. The monoisotopic (exact) mass is 505 g/mol. The molecule has 1 fully saturated rings. The van der Waals surface area contributed by atoms with Gasteiger partial charge in [0.05, 0.1) is 22.1 Å². The first-order chi connectivity index (χ1) is 17.1. The minimum Gasteiger partial charge on any atom is -0.487 e. The number of benzene rings is 3. The summed E-state index contributed by atoms with van der Waals surface area (Å²) in [6.45, 7) is 0.382. The minimum absolute atomic E-state index is 0.151. The second kappa shape index (κ2) is 10.6. The van der Waals surface area contributed by atoms with Gasteiger partial charge in [0.1, 0.15) is 18.2 Å². The van der Waals surface area contributed by atoms with Crippen LogP contribution in [0.5, 0.6) is 5.75 Å². The van der Waals surface area contributed by atoms with Crippen molar-refractivity contribution in [1.82, 2.24) is 9.66 Å². The molecule has 0 N–H and O–H groups in total. The van der Waals surface area contributed by atoms with Gasteiger partial charge in [-0.2, -0.15) is 9.78 Å². The van der Waals surface area contributed by atoms with E-state index in [1.165, 1.54) is 11.1 Å². The molecule has 0 amide bonds. The quantitative estimate of drug-likeness (QED) is 0.260. The Morgan fingerprint density at radius 2 is 1.77 bits per heavy atom. The summed E-state index contributed by atoms with van der Waals surface area (Å²) in [5.74, 6) is 1.54. The average Bonchev–Trinajstić information content (AvgIpc) is 2.89. The summed E-state index contributed by atoms with van der Waals surface area (Å²) in [6, 6.07) is 20.4. The molecule has 1 saturated carbocycles. The fourth-order valence-corrected chi connectivity index (χ4v) is 4.83. The first kappa shape index (κ1) is 23.6. The average molecular weight is 506 g/mol. The van der Waals surface area contributed by atoms with Crippen LogP contribution in [-0.2, 0) is 6.61 Å². The van der Waals surface area contributed by atoms with Gasteiger partial charge < -0.3 is 4.74 Å². The highest BCUT2D eigenvalue weighted by Gasteiger charge is 2.22. The topological polar surface area (TPSA) is 56.5 Å². The molecule has 35 heavy (non-hydrogen) atoms. The number of halogens is 2. The van der Waals surface area contributed by atoms with Crippen LogP contribution in [0.15, 0.2) is 76.6 Å². The third-order valence-electron chi connectivity index (χ3n) is 6.33. The number of nitrogens with zero attached hydrogens (tertiary/aromatic N) is 3. The fraction of sp³-hybridized carbons (Fsp3) is 0.250. The normalized spacial score (nSPS) is 14.6. The highest BCUT2D eigenvalue weighted by molar-refractivity contribution is 6.32. The molecule has 5 nitrogen and oxygen atoms in total. The Balaban J connectivity index is 1.41. The van der Waals surface area contributed by atoms with Gasteiger partial charge >= 0.3 is 0 Å². The van der Waals surface area contributed by atoms with E-state index in [2.05, 4.69) is 5.10 Å². The predicted octanol–water partition coefficient (Wildman–Crippen LogP) is 7.21. The van der Waals surface area contributed by atoms with Crippen LogP contribution in [-0.4, -0.2) is 15.9 Å². The van der Waals surface area contributed by atoms with E-state index in [-0.39, 0.29) is 11.5 Å². The maximum absolute atomic E-state index is 13.3. The van der Waals surface area contributed by atoms with Gasteiger partial charge in [0.2, 0.25) is 0 Å². The zero-order chi connectivity index (χ0) is 24.2. The maximum Gasteiger partial charge on any atom is 0.282 e. The van der Waals surface area contributed by atoms with Crippen molar-refractivity contribution in [2.75, 3.05) is 0 Å². The van der Waals surface area contributed by atoms with Crippen molar-refractivity contribution in [3.8, 4) is 5.75 Å². The second-order valence-electron chi connectivity index (χ2n) is 8.79. The van der Waals surface area contributed by atoms with Crippen LogP contribution in [0.25, 0.3) is 10.9 Å². The molecule has 1 aromatic heterocycles. The van der Waals surface area contributed by atoms with Crippen LogP contribution in [0.2, 0.25) is 10.0 Å². The summed E-state index contributed by atoms with van der Waals surface area (Å²) in [7, 11) is 0. The summed E-state index contributed by atoms with van der Waals surface area (Å²) in [5, 5.41) is 6.30. The van der Waals surface area contributed by atoms with E-state index in [1.54, 1.807) is 18.3 Å². The number of hydrogen-bond donors (Lipinski definition) is 0. The standard InChI is InChI=1S/C28H25Cl2N3O2/c29-22-13-10-19(11-14-22)18-35-26-15-12-20(16-24(26)30)17-31-33-27(21-6-2-1-3-7-21)32-25-9-5-4-8-23(25)28(33)34/h4-5,8-17,21H,1-3,6-7,18H2. The largest absolute Gasteiger partial charge is 0.487 e. The lowest BCUT2D eigenvalue weighted by Crippen LogP contribution is -2.25. The molecular formula is C28H25Cl2N3O2. The van der Waals surface area contributed by atoms with Gasteiger partial charge in [0.25, 0.3) is 5.56 Å². The molecular weight excluding hydrogens is 481 g/mol. The molecule has 0 aliphatic heterocycles. The van der Waals surface area contributed by atoms with Gasteiger partial charge in [0.15, 0.2) is 0 Å². The fourth-order valence-electron chi connectivity index (χ4n) is 4.46. The van der Waals surface area contributed by atoms with Crippen LogP contribution >= 0.6 is 23.2 Å². The minimum atomic E-state index is -0.151. The van der Waals surface area contributed by atoms with Crippen molar-refractivity contribution >= 4 is 40.3 Å². The predicted molar refractivity (Wildman–Crippen MR) is 142 cm³/mol.